The summed E-state index contributed by atoms with van der Waals surface area (Å²) in [5.74, 6) is 1.52. The van der Waals surface area contributed by atoms with Gasteiger partial charge in [0.1, 0.15) is 17.2 Å². The van der Waals surface area contributed by atoms with Crippen LogP contribution in [0, 0.1) is 0 Å². The molecular weight excluding hydrogens is 396 g/mol. The lowest BCUT2D eigenvalue weighted by Gasteiger charge is -2.16. The summed E-state index contributed by atoms with van der Waals surface area (Å²) >= 11 is 1.53. The molecule has 3 aromatic carbocycles. The number of fused-ring (bicyclic) bond motifs is 4. The molecule has 3 aromatic rings. The summed E-state index contributed by atoms with van der Waals surface area (Å²) in [6.07, 6.45) is 0. The molecule has 1 aliphatic heterocycles. The molecule has 0 saturated heterocycles. The number of methoxy groups -OCH3 is 2. The van der Waals surface area contributed by atoms with E-state index in [-0.39, 0.29) is 5.43 Å². The summed E-state index contributed by atoms with van der Waals surface area (Å²) in [7, 11) is 3.27. The Balaban J connectivity index is 1.80. The van der Waals surface area contributed by atoms with Gasteiger partial charge in [0, 0.05) is 16.5 Å². The second-order valence-electron chi connectivity index (χ2n) is 6.83. The molecule has 0 spiro atoms. The molecule has 1 N–H and O–H groups in total. The second kappa shape index (κ2) is 7.31. The van der Waals surface area contributed by atoms with E-state index in [4.69, 9.17) is 14.5 Å². The van der Waals surface area contributed by atoms with Crippen LogP contribution in [0.1, 0.15) is 0 Å². The second-order valence-corrected chi connectivity index (χ2v) is 7.88. The lowest BCUT2D eigenvalue weighted by atomic mass is 10.0. The van der Waals surface area contributed by atoms with Crippen molar-refractivity contribution < 1.29 is 9.47 Å². The molecule has 2 aliphatic rings. The Morgan fingerprint density at radius 3 is 2.30 bits per heavy atom. The van der Waals surface area contributed by atoms with Gasteiger partial charge in [-0.2, -0.15) is 0 Å². The van der Waals surface area contributed by atoms with Gasteiger partial charge in [-0.15, -0.1) is 11.3 Å². The SMILES string of the molecule is COc1ccc(Nc2c3sc4cc(OC)ccc4nc-3c3ccccc3c2=O)cc1. The molecule has 0 radical (unpaired) electrons. The largest absolute Gasteiger partial charge is 0.497 e. The summed E-state index contributed by atoms with van der Waals surface area (Å²) in [5, 5.41) is 4.82. The Bertz CT molecular complexity index is 1410. The number of ether oxygens (including phenoxy) is 2. The third kappa shape index (κ3) is 3.02. The topological polar surface area (TPSA) is 60.4 Å². The summed E-state index contributed by atoms with van der Waals surface area (Å²) in [6, 6.07) is 20.9. The number of rotatable bonds is 4. The quantitative estimate of drug-likeness (QED) is 0.303. The zero-order chi connectivity index (χ0) is 20.7. The minimum Gasteiger partial charge on any atom is -0.497 e. The van der Waals surface area contributed by atoms with Crippen molar-refractivity contribution in [3.8, 4) is 22.1 Å². The first-order chi connectivity index (χ1) is 14.7. The van der Waals surface area contributed by atoms with E-state index < -0.39 is 0 Å². The maximum absolute atomic E-state index is 13.4. The van der Waals surface area contributed by atoms with Gasteiger partial charge >= 0.3 is 0 Å². The Morgan fingerprint density at radius 2 is 1.57 bits per heavy atom. The van der Waals surface area contributed by atoms with Crippen LogP contribution in [0.4, 0.5) is 11.4 Å². The van der Waals surface area contributed by atoms with Crippen LogP contribution in [0.5, 0.6) is 11.5 Å². The van der Waals surface area contributed by atoms with Gasteiger partial charge in [0.15, 0.2) is 0 Å². The van der Waals surface area contributed by atoms with E-state index in [1.807, 2.05) is 66.7 Å². The van der Waals surface area contributed by atoms with E-state index in [0.29, 0.717) is 11.1 Å². The summed E-state index contributed by atoms with van der Waals surface area (Å²) in [4.78, 5) is 19.1. The number of anilines is 2. The van der Waals surface area contributed by atoms with Crippen LogP contribution >= 0.6 is 11.3 Å². The summed E-state index contributed by atoms with van der Waals surface area (Å²) in [5.41, 5.74) is 2.96. The van der Waals surface area contributed by atoms with Crippen molar-refractivity contribution in [1.82, 2.24) is 4.98 Å². The van der Waals surface area contributed by atoms with Crippen LogP contribution in [0.2, 0.25) is 0 Å². The van der Waals surface area contributed by atoms with E-state index in [2.05, 4.69) is 5.32 Å². The molecule has 0 atom stereocenters. The Morgan fingerprint density at radius 1 is 0.867 bits per heavy atom. The molecule has 0 aromatic heterocycles. The number of hydrogen-bond acceptors (Lipinski definition) is 6. The van der Waals surface area contributed by atoms with Crippen molar-refractivity contribution in [2.24, 2.45) is 0 Å². The number of aromatic nitrogens is 1. The van der Waals surface area contributed by atoms with Gasteiger partial charge in [0.2, 0.25) is 5.43 Å². The van der Waals surface area contributed by atoms with E-state index >= 15 is 0 Å². The van der Waals surface area contributed by atoms with Crippen LogP contribution in [-0.2, 0) is 0 Å². The molecule has 30 heavy (non-hydrogen) atoms. The monoisotopic (exact) mass is 414 g/mol. The van der Waals surface area contributed by atoms with Crippen molar-refractivity contribution in [2.45, 2.75) is 0 Å². The first-order valence-electron chi connectivity index (χ1n) is 9.42. The molecule has 148 valence electrons. The van der Waals surface area contributed by atoms with Crippen molar-refractivity contribution in [2.75, 3.05) is 19.5 Å². The van der Waals surface area contributed by atoms with Crippen LogP contribution in [0.15, 0.2) is 71.5 Å². The van der Waals surface area contributed by atoms with Gasteiger partial charge in [-0.05, 0) is 42.5 Å². The molecule has 1 aliphatic carbocycles. The lowest BCUT2D eigenvalue weighted by molar-refractivity contribution is 0.415. The number of nitrogens with one attached hydrogen (secondary N) is 1. The van der Waals surface area contributed by atoms with Gasteiger partial charge in [-0.25, -0.2) is 4.98 Å². The average molecular weight is 414 g/mol. The normalized spacial score (nSPS) is 11.1. The van der Waals surface area contributed by atoms with Gasteiger partial charge < -0.3 is 14.8 Å². The molecule has 0 unspecified atom stereocenters. The van der Waals surface area contributed by atoms with Crippen LogP contribution in [0.25, 0.3) is 31.6 Å². The first kappa shape index (κ1) is 18.4. The molecule has 0 fully saturated rings. The van der Waals surface area contributed by atoms with E-state index in [9.17, 15) is 4.79 Å². The van der Waals surface area contributed by atoms with Gasteiger partial charge in [0.25, 0.3) is 0 Å². The molecule has 5 rings (SSSR count). The van der Waals surface area contributed by atoms with Gasteiger partial charge in [-0.1, -0.05) is 24.3 Å². The average Bonchev–Trinajstić information content (AvgIpc) is 2.80. The fourth-order valence-electron chi connectivity index (χ4n) is 3.53. The molecule has 5 nitrogen and oxygen atoms in total. The van der Waals surface area contributed by atoms with Crippen LogP contribution in [0.3, 0.4) is 0 Å². The molecule has 0 amide bonds. The highest BCUT2D eigenvalue weighted by Gasteiger charge is 2.21. The van der Waals surface area contributed by atoms with Gasteiger partial charge in [-0.3, -0.25) is 4.79 Å². The minimum absolute atomic E-state index is 0.0470. The Hall–Kier alpha value is -3.64. The highest BCUT2D eigenvalue weighted by molar-refractivity contribution is 7.22. The number of benzene rings is 4. The number of nitrogens with zero attached hydrogens (tertiary/aromatic N) is 1. The standard InChI is InChI=1S/C24H18N2O3S/c1-28-15-9-7-14(8-10-15)25-22-23(27)18-6-4-3-5-17(18)21-24(22)30-20-13-16(29-2)11-12-19(20)26-21/h3-13,25H,1-2H3. The third-order valence-corrected chi connectivity index (χ3v) is 6.22. The molecule has 6 heteroatoms. The Kier molecular flexibility index (Phi) is 4.48. The molecule has 0 saturated carbocycles. The lowest BCUT2D eigenvalue weighted by Crippen LogP contribution is -2.11. The molecule has 1 heterocycles. The predicted molar refractivity (Wildman–Crippen MR) is 123 cm³/mol. The third-order valence-electron chi connectivity index (χ3n) is 5.07. The van der Waals surface area contributed by atoms with Gasteiger partial charge in [0.05, 0.1) is 35.0 Å². The van der Waals surface area contributed by atoms with Crippen molar-refractivity contribution >= 4 is 43.7 Å². The predicted octanol–water partition coefficient (Wildman–Crippen LogP) is 5.68. The van der Waals surface area contributed by atoms with Crippen molar-refractivity contribution in [3.63, 3.8) is 0 Å². The van der Waals surface area contributed by atoms with E-state index in [1.165, 1.54) is 11.3 Å². The maximum Gasteiger partial charge on any atom is 0.211 e. The fraction of sp³-hybridized carbons (Fsp3) is 0.0833. The van der Waals surface area contributed by atoms with Crippen molar-refractivity contribution in [3.05, 3.63) is 77.0 Å². The maximum atomic E-state index is 13.4. The highest BCUT2D eigenvalue weighted by Crippen LogP contribution is 2.40. The highest BCUT2D eigenvalue weighted by atomic mass is 32.1. The van der Waals surface area contributed by atoms with E-state index in [0.717, 1.165) is 43.4 Å². The fourth-order valence-corrected chi connectivity index (χ4v) is 4.65. The smallest absolute Gasteiger partial charge is 0.211 e. The summed E-state index contributed by atoms with van der Waals surface area (Å²) in [6.45, 7) is 0. The zero-order valence-corrected chi connectivity index (χ0v) is 17.2. The van der Waals surface area contributed by atoms with E-state index in [1.54, 1.807) is 14.2 Å². The van der Waals surface area contributed by atoms with Crippen LogP contribution < -0.4 is 20.2 Å². The zero-order valence-electron chi connectivity index (χ0n) is 16.4. The van der Waals surface area contributed by atoms with Crippen molar-refractivity contribution in [1.29, 1.82) is 0 Å². The summed E-state index contributed by atoms with van der Waals surface area (Å²) < 4.78 is 11.6. The Labute approximate surface area is 176 Å². The first-order valence-corrected chi connectivity index (χ1v) is 10.2. The minimum atomic E-state index is -0.0470. The van der Waals surface area contributed by atoms with Crippen LogP contribution in [-0.4, -0.2) is 19.2 Å². The number of hydrogen-bond donors (Lipinski definition) is 1. The molecule has 0 bridgehead atoms. The molecular formula is C24H18N2O3S.